The van der Waals surface area contributed by atoms with E-state index in [1.165, 1.54) is 11.8 Å². The molecule has 0 spiro atoms. The van der Waals surface area contributed by atoms with Gasteiger partial charge in [-0.2, -0.15) is 5.26 Å². The minimum absolute atomic E-state index is 0.539. The van der Waals surface area contributed by atoms with Crippen LogP contribution in [0.15, 0.2) is 0 Å². The Hall–Kier alpha value is -0.270. The molecule has 0 amide bonds. The lowest BCUT2D eigenvalue weighted by Crippen LogP contribution is -2.22. The topological polar surface area (TPSA) is 27.0 Å². The Morgan fingerprint density at radius 3 is 2.80 bits per heavy atom. The smallest absolute Gasteiger partial charge is 0.135 e. The molecule has 0 rings (SSSR count). The molecular weight excluding hydrogens is 164 g/mol. The summed E-state index contributed by atoms with van der Waals surface area (Å²) in [5.74, 6) is 0. The van der Waals surface area contributed by atoms with Crippen LogP contribution in [0.3, 0.4) is 0 Å². The first-order chi connectivity index (χ1) is 4.72. The van der Waals surface area contributed by atoms with Gasteiger partial charge in [-0.3, -0.25) is 0 Å². The van der Waals surface area contributed by atoms with Crippen molar-refractivity contribution in [2.24, 2.45) is 0 Å². The maximum atomic E-state index is 8.24. The molecule has 2 nitrogen and oxygen atoms in total. The van der Waals surface area contributed by atoms with Crippen LogP contribution in [-0.2, 0) is 0 Å². The van der Waals surface area contributed by atoms with Crippen molar-refractivity contribution in [3.05, 3.63) is 0 Å². The van der Waals surface area contributed by atoms with E-state index < -0.39 is 0 Å². The van der Waals surface area contributed by atoms with Crippen LogP contribution in [-0.4, -0.2) is 29.1 Å². The van der Waals surface area contributed by atoms with Gasteiger partial charge in [0.1, 0.15) is 4.32 Å². The van der Waals surface area contributed by atoms with Gasteiger partial charge in [0.25, 0.3) is 0 Å². The second-order valence-corrected chi connectivity index (χ2v) is 3.24. The second kappa shape index (κ2) is 5.51. The summed E-state index contributed by atoms with van der Waals surface area (Å²) in [7, 11) is 1.90. The Labute approximate surface area is 71.2 Å². The van der Waals surface area contributed by atoms with Crippen LogP contribution in [0.2, 0.25) is 0 Å². The molecule has 0 aliphatic heterocycles. The third kappa shape index (κ3) is 3.70. The quantitative estimate of drug-likeness (QED) is 0.593. The molecule has 0 saturated heterocycles. The molecule has 0 aromatic heterocycles. The molecule has 0 radical (unpaired) electrons. The fourth-order valence-corrected chi connectivity index (χ4v) is 0.959. The molecule has 0 aliphatic carbocycles. The summed E-state index contributed by atoms with van der Waals surface area (Å²) in [4.78, 5) is 1.91. The minimum Gasteiger partial charge on any atom is -0.360 e. The highest BCUT2D eigenvalue weighted by Crippen LogP contribution is 2.02. The van der Waals surface area contributed by atoms with Crippen molar-refractivity contribution in [2.45, 2.75) is 6.42 Å². The normalized spacial score (nSPS) is 8.50. The summed E-state index contributed by atoms with van der Waals surface area (Å²) in [5.41, 5.74) is 0. The predicted molar refractivity (Wildman–Crippen MR) is 49.0 cm³/mol. The van der Waals surface area contributed by atoms with Crippen LogP contribution in [0.25, 0.3) is 0 Å². The molecule has 0 atom stereocenters. The number of thiocarbonyl (C=S) groups is 1. The van der Waals surface area contributed by atoms with Gasteiger partial charge in [0.15, 0.2) is 0 Å². The van der Waals surface area contributed by atoms with Crippen LogP contribution in [0.4, 0.5) is 0 Å². The van der Waals surface area contributed by atoms with Gasteiger partial charge >= 0.3 is 0 Å². The molecule has 0 heterocycles. The molecular formula is C6H10N2S2. The van der Waals surface area contributed by atoms with Gasteiger partial charge in [0.05, 0.1) is 12.5 Å². The average molecular weight is 174 g/mol. The van der Waals surface area contributed by atoms with Gasteiger partial charge in [-0.05, 0) is 6.26 Å². The van der Waals surface area contributed by atoms with Crippen molar-refractivity contribution in [1.29, 1.82) is 5.26 Å². The first-order valence-corrected chi connectivity index (χ1v) is 4.51. The minimum atomic E-state index is 0.539. The monoisotopic (exact) mass is 174 g/mol. The highest BCUT2D eigenvalue weighted by atomic mass is 32.2. The second-order valence-electron chi connectivity index (χ2n) is 1.80. The van der Waals surface area contributed by atoms with Crippen molar-refractivity contribution >= 4 is 28.3 Å². The summed E-state index contributed by atoms with van der Waals surface area (Å²) in [6.07, 6.45) is 2.47. The lowest BCUT2D eigenvalue weighted by Gasteiger charge is -2.15. The van der Waals surface area contributed by atoms with E-state index in [9.17, 15) is 0 Å². The zero-order chi connectivity index (χ0) is 7.98. The molecule has 0 bridgehead atoms. The SMILES string of the molecule is CSC(=S)N(C)CCC#N. The van der Waals surface area contributed by atoms with Crippen molar-refractivity contribution in [2.75, 3.05) is 19.8 Å². The van der Waals surface area contributed by atoms with Gasteiger partial charge in [-0.15, -0.1) is 11.8 Å². The number of rotatable bonds is 2. The number of thioether (sulfide) groups is 1. The number of nitriles is 1. The van der Waals surface area contributed by atoms with E-state index in [4.69, 9.17) is 17.5 Å². The molecule has 0 fully saturated rings. The maximum Gasteiger partial charge on any atom is 0.135 e. The average Bonchev–Trinajstić information content (AvgIpc) is 1.98. The van der Waals surface area contributed by atoms with Crippen LogP contribution in [0.5, 0.6) is 0 Å². The fraction of sp³-hybridized carbons (Fsp3) is 0.667. The Balaban J connectivity index is 3.53. The van der Waals surface area contributed by atoms with Gasteiger partial charge in [0, 0.05) is 13.6 Å². The summed E-state index contributed by atoms with van der Waals surface area (Å²) in [6.45, 7) is 0.732. The van der Waals surface area contributed by atoms with Crippen molar-refractivity contribution in [3.8, 4) is 6.07 Å². The fourth-order valence-electron chi connectivity index (χ4n) is 0.465. The Bertz CT molecular complexity index is 150. The van der Waals surface area contributed by atoms with Gasteiger partial charge < -0.3 is 4.90 Å². The third-order valence-electron chi connectivity index (χ3n) is 1.05. The van der Waals surface area contributed by atoms with E-state index in [-0.39, 0.29) is 0 Å². The van der Waals surface area contributed by atoms with Crippen LogP contribution < -0.4 is 0 Å². The molecule has 0 aliphatic rings. The van der Waals surface area contributed by atoms with Gasteiger partial charge in [-0.25, -0.2) is 0 Å². The molecule has 0 saturated carbocycles. The van der Waals surface area contributed by atoms with Gasteiger partial charge in [0.2, 0.25) is 0 Å². The predicted octanol–water partition coefficient (Wildman–Crippen LogP) is 1.48. The molecule has 0 N–H and O–H groups in total. The van der Waals surface area contributed by atoms with Crippen LogP contribution >= 0.6 is 24.0 Å². The summed E-state index contributed by atoms with van der Waals surface area (Å²) >= 11 is 6.50. The first-order valence-electron chi connectivity index (χ1n) is 2.88. The summed E-state index contributed by atoms with van der Waals surface area (Å²) in [5, 5.41) is 8.24. The van der Waals surface area contributed by atoms with Crippen molar-refractivity contribution in [1.82, 2.24) is 4.90 Å². The highest BCUT2D eigenvalue weighted by Gasteiger charge is 1.99. The van der Waals surface area contributed by atoms with E-state index in [0.717, 1.165) is 10.9 Å². The van der Waals surface area contributed by atoms with Crippen LogP contribution in [0, 0.1) is 11.3 Å². The molecule has 56 valence electrons. The zero-order valence-corrected chi connectivity index (χ0v) is 7.76. The molecule has 0 aromatic rings. The third-order valence-corrected chi connectivity index (χ3v) is 2.52. The molecule has 10 heavy (non-hydrogen) atoms. The summed E-state index contributed by atoms with van der Waals surface area (Å²) in [6, 6.07) is 2.07. The first kappa shape index (κ1) is 9.73. The summed E-state index contributed by atoms with van der Waals surface area (Å²) < 4.78 is 0.843. The lowest BCUT2D eigenvalue weighted by molar-refractivity contribution is 0.534. The van der Waals surface area contributed by atoms with Crippen LogP contribution in [0.1, 0.15) is 6.42 Å². The standard InChI is InChI=1S/C6H10N2S2/c1-8(5-3-4-7)6(9)10-2/h3,5H2,1-2H3. The Kier molecular flexibility index (Phi) is 5.36. The molecule has 0 unspecified atom stereocenters. The van der Waals surface area contributed by atoms with E-state index in [2.05, 4.69) is 6.07 Å². The highest BCUT2D eigenvalue weighted by molar-refractivity contribution is 8.22. The lowest BCUT2D eigenvalue weighted by atomic mass is 10.4. The largest absolute Gasteiger partial charge is 0.360 e. The van der Waals surface area contributed by atoms with E-state index in [1.54, 1.807) is 0 Å². The van der Waals surface area contributed by atoms with Crippen molar-refractivity contribution < 1.29 is 0 Å². The molecule has 0 aromatic carbocycles. The maximum absolute atomic E-state index is 8.24. The molecule has 4 heteroatoms. The van der Waals surface area contributed by atoms with E-state index in [0.29, 0.717) is 6.42 Å². The zero-order valence-electron chi connectivity index (χ0n) is 6.13. The van der Waals surface area contributed by atoms with Gasteiger partial charge in [-0.1, -0.05) is 12.2 Å². The number of hydrogen-bond acceptors (Lipinski definition) is 3. The van der Waals surface area contributed by atoms with E-state index in [1.807, 2.05) is 18.2 Å². The number of nitrogens with zero attached hydrogens (tertiary/aromatic N) is 2. The number of hydrogen-bond donors (Lipinski definition) is 0. The Morgan fingerprint density at radius 2 is 2.40 bits per heavy atom. The Morgan fingerprint density at radius 1 is 1.80 bits per heavy atom. The van der Waals surface area contributed by atoms with Crippen molar-refractivity contribution in [3.63, 3.8) is 0 Å². The van der Waals surface area contributed by atoms with E-state index >= 15 is 0 Å².